The summed E-state index contributed by atoms with van der Waals surface area (Å²) in [4.78, 5) is 0. The number of nitrogen functional groups attached to an aromatic ring is 1. The van der Waals surface area contributed by atoms with Gasteiger partial charge in [0.1, 0.15) is 17.2 Å². The van der Waals surface area contributed by atoms with Gasteiger partial charge in [-0.25, -0.2) is 0 Å². The molecule has 2 aromatic carbocycles. The largest absolute Gasteiger partial charge is 0.494 e. The van der Waals surface area contributed by atoms with Gasteiger partial charge in [-0.3, -0.25) is 0 Å². The lowest BCUT2D eigenvalue weighted by atomic mass is 9.87. The maximum atomic E-state index is 6.02. The monoisotopic (exact) mass is 271 g/mol. The van der Waals surface area contributed by atoms with Gasteiger partial charge in [0.05, 0.1) is 7.11 Å². The average molecular weight is 271 g/mol. The molecule has 0 amide bonds. The van der Waals surface area contributed by atoms with Crippen LogP contribution in [0.15, 0.2) is 42.5 Å². The molecule has 0 bridgehead atoms. The molecule has 0 spiro atoms. The van der Waals surface area contributed by atoms with E-state index < -0.39 is 0 Å². The van der Waals surface area contributed by atoms with Crippen molar-refractivity contribution in [3.8, 4) is 17.2 Å². The molecule has 0 radical (unpaired) electrons. The molecule has 0 aliphatic rings. The van der Waals surface area contributed by atoms with Crippen LogP contribution in [0.25, 0.3) is 0 Å². The molecule has 2 aromatic rings. The predicted molar refractivity (Wildman–Crippen MR) is 82.6 cm³/mol. The van der Waals surface area contributed by atoms with Crippen LogP contribution in [-0.2, 0) is 5.41 Å². The molecule has 0 aromatic heterocycles. The molecule has 0 saturated carbocycles. The van der Waals surface area contributed by atoms with Gasteiger partial charge in [0.15, 0.2) is 5.75 Å². The lowest BCUT2D eigenvalue weighted by Crippen LogP contribution is -2.10. The van der Waals surface area contributed by atoms with Gasteiger partial charge in [-0.1, -0.05) is 39.0 Å². The first-order valence-corrected chi connectivity index (χ1v) is 6.62. The van der Waals surface area contributed by atoms with Gasteiger partial charge < -0.3 is 15.2 Å². The van der Waals surface area contributed by atoms with Gasteiger partial charge in [-0.15, -0.1) is 0 Å². The molecular weight excluding hydrogens is 250 g/mol. The zero-order valence-corrected chi connectivity index (χ0v) is 12.4. The van der Waals surface area contributed by atoms with Crippen LogP contribution in [0.3, 0.4) is 0 Å². The third kappa shape index (κ3) is 3.05. The van der Waals surface area contributed by atoms with Crippen molar-refractivity contribution in [3.63, 3.8) is 0 Å². The number of benzene rings is 2. The Morgan fingerprint density at radius 2 is 1.60 bits per heavy atom. The number of anilines is 1. The average Bonchev–Trinajstić information content (AvgIpc) is 2.40. The van der Waals surface area contributed by atoms with Gasteiger partial charge in [-0.2, -0.15) is 0 Å². The van der Waals surface area contributed by atoms with Crippen molar-refractivity contribution in [1.29, 1.82) is 0 Å². The molecule has 3 heteroatoms. The van der Waals surface area contributed by atoms with Crippen molar-refractivity contribution in [3.05, 3.63) is 48.0 Å². The lowest BCUT2D eigenvalue weighted by molar-refractivity contribution is 0.412. The lowest BCUT2D eigenvalue weighted by Gasteiger charge is -2.20. The Morgan fingerprint density at radius 3 is 2.25 bits per heavy atom. The minimum Gasteiger partial charge on any atom is -0.494 e. The second-order valence-corrected chi connectivity index (χ2v) is 5.75. The van der Waals surface area contributed by atoms with E-state index in [0.29, 0.717) is 17.2 Å². The Morgan fingerprint density at radius 1 is 0.950 bits per heavy atom. The first kappa shape index (κ1) is 14.3. The quantitative estimate of drug-likeness (QED) is 0.843. The standard InChI is InChI=1S/C17H21NO2/c1-17(2,3)12-7-5-8-13(11-12)20-15-10-6-9-14(19-4)16(15)18/h5-11H,18H2,1-4H3. The molecule has 2 N–H and O–H groups in total. The molecule has 0 aliphatic heterocycles. The van der Waals surface area contributed by atoms with Gasteiger partial charge in [0.25, 0.3) is 0 Å². The molecule has 0 unspecified atom stereocenters. The fourth-order valence-corrected chi connectivity index (χ4v) is 1.94. The highest BCUT2D eigenvalue weighted by Crippen LogP contribution is 2.35. The maximum absolute atomic E-state index is 6.02. The van der Waals surface area contributed by atoms with Crippen LogP contribution in [0, 0.1) is 0 Å². The van der Waals surface area contributed by atoms with Crippen LogP contribution in [-0.4, -0.2) is 7.11 Å². The Balaban J connectivity index is 2.31. The first-order chi connectivity index (χ1) is 9.41. The highest BCUT2D eigenvalue weighted by Gasteiger charge is 2.14. The molecule has 0 fully saturated rings. The van der Waals surface area contributed by atoms with Crippen LogP contribution < -0.4 is 15.2 Å². The van der Waals surface area contributed by atoms with Gasteiger partial charge >= 0.3 is 0 Å². The summed E-state index contributed by atoms with van der Waals surface area (Å²) in [5.41, 5.74) is 7.83. The summed E-state index contributed by atoms with van der Waals surface area (Å²) in [6.45, 7) is 6.52. The smallest absolute Gasteiger partial charge is 0.154 e. The minimum atomic E-state index is 0.0826. The van der Waals surface area contributed by atoms with E-state index in [1.807, 2.05) is 36.4 Å². The van der Waals surface area contributed by atoms with E-state index in [4.69, 9.17) is 15.2 Å². The minimum absolute atomic E-state index is 0.0826. The Hall–Kier alpha value is -2.16. The van der Waals surface area contributed by atoms with Gasteiger partial charge in [0, 0.05) is 0 Å². The number of nitrogens with two attached hydrogens (primary N) is 1. The van der Waals surface area contributed by atoms with Gasteiger partial charge in [-0.05, 0) is 35.2 Å². The third-order valence-corrected chi connectivity index (χ3v) is 3.17. The third-order valence-electron chi connectivity index (χ3n) is 3.17. The highest BCUT2D eigenvalue weighted by molar-refractivity contribution is 5.63. The number of hydrogen-bond donors (Lipinski definition) is 1. The molecule has 2 rings (SSSR count). The number of rotatable bonds is 3. The molecule has 20 heavy (non-hydrogen) atoms. The SMILES string of the molecule is COc1cccc(Oc2cccc(C(C)(C)C)c2)c1N. The Labute approximate surface area is 120 Å². The number of methoxy groups -OCH3 is 1. The summed E-state index contributed by atoms with van der Waals surface area (Å²) in [6.07, 6.45) is 0. The number of hydrogen-bond acceptors (Lipinski definition) is 3. The van der Waals surface area contributed by atoms with Crippen molar-refractivity contribution in [1.82, 2.24) is 0 Å². The van der Waals surface area contributed by atoms with Crippen LogP contribution in [0.1, 0.15) is 26.3 Å². The molecule has 0 saturated heterocycles. The summed E-state index contributed by atoms with van der Waals surface area (Å²) in [6, 6.07) is 13.6. The molecule has 3 nitrogen and oxygen atoms in total. The second-order valence-electron chi connectivity index (χ2n) is 5.75. The fraction of sp³-hybridized carbons (Fsp3) is 0.294. The molecule has 0 aliphatic carbocycles. The van der Waals surface area contributed by atoms with E-state index in [9.17, 15) is 0 Å². The normalized spacial score (nSPS) is 11.2. The van der Waals surface area contributed by atoms with Crippen molar-refractivity contribution >= 4 is 5.69 Å². The molecule has 0 heterocycles. The summed E-state index contributed by atoms with van der Waals surface area (Å²) in [5.74, 6) is 2.00. The molecule has 0 atom stereocenters. The van der Waals surface area contributed by atoms with Crippen LogP contribution in [0.2, 0.25) is 0 Å². The number of ether oxygens (including phenoxy) is 2. The topological polar surface area (TPSA) is 44.5 Å². The fourth-order valence-electron chi connectivity index (χ4n) is 1.94. The first-order valence-electron chi connectivity index (χ1n) is 6.62. The van der Waals surface area contributed by atoms with Gasteiger partial charge in [0.2, 0.25) is 0 Å². The van der Waals surface area contributed by atoms with Crippen molar-refractivity contribution in [2.45, 2.75) is 26.2 Å². The zero-order chi connectivity index (χ0) is 14.8. The van der Waals surface area contributed by atoms with E-state index in [0.717, 1.165) is 5.75 Å². The van der Waals surface area contributed by atoms with E-state index >= 15 is 0 Å². The van der Waals surface area contributed by atoms with E-state index in [1.165, 1.54) is 5.56 Å². The summed E-state index contributed by atoms with van der Waals surface area (Å²) in [7, 11) is 1.59. The zero-order valence-electron chi connectivity index (χ0n) is 12.4. The summed E-state index contributed by atoms with van der Waals surface area (Å²) >= 11 is 0. The van der Waals surface area contributed by atoms with Crippen molar-refractivity contribution < 1.29 is 9.47 Å². The predicted octanol–water partition coefficient (Wildman–Crippen LogP) is 4.37. The molecule has 106 valence electrons. The van der Waals surface area contributed by atoms with Crippen molar-refractivity contribution in [2.24, 2.45) is 0 Å². The highest BCUT2D eigenvalue weighted by atomic mass is 16.5. The van der Waals surface area contributed by atoms with Crippen molar-refractivity contribution in [2.75, 3.05) is 12.8 Å². The van der Waals surface area contributed by atoms with Crippen LogP contribution >= 0.6 is 0 Å². The Bertz CT molecular complexity index is 600. The second kappa shape index (κ2) is 5.45. The van der Waals surface area contributed by atoms with Crippen LogP contribution in [0.4, 0.5) is 5.69 Å². The van der Waals surface area contributed by atoms with E-state index in [2.05, 4.69) is 26.8 Å². The summed E-state index contributed by atoms with van der Waals surface area (Å²) < 4.78 is 11.1. The Kier molecular flexibility index (Phi) is 3.89. The van der Waals surface area contributed by atoms with E-state index in [1.54, 1.807) is 7.11 Å². The molecular formula is C17H21NO2. The van der Waals surface area contributed by atoms with E-state index in [-0.39, 0.29) is 5.41 Å². The number of para-hydroxylation sites is 1. The summed E-state index contributed by atoms with van der Waals surface area (Å²) in [5, 5.41) is 0. The maximum Gasteiger partial charge on any atom is 0.154 e. The van der Waals surface area contributed by atoms with Crippen LogP contribution in [0.5, 0.6) is 17.2 Å².